The number of nitro groups is 1. The van der Waals surface area contributed by atoms with Crippen molar-refractivity contribution in [1.29, 1.82) is 0 Å². The van der Waals surface area contributed by atoms with Gasteiger partial charge >= 0.3 is 0 Å². The molecule has 1 aromatic rings. The number of hydrogen-bond acceptors (Lipinski definition) is 4. The van der Waals surface area contributed by atoms with Gasteiger partial charge in [0.05, 0.1) is 14.6 Å². The van der Waals surface area contributed by atoms with Crippen LogP contribution in [0, 0.1) is 13.7 Å². The number of primary amides is 1. The molecule has 80 valence electrons. The molecule has 0 saturated carbocycles. The van der Waals surface area contributed by atoms with E-state index in [0.29, 0.717) is 3.57 Å². The molecule has 15 heavy (non-hydrogen) atoms. The molecular weight excluding hydrogens is 315 g/mol. The Morgan fingerprint density at radius 2 is 2.27 bits per heavy atom. The van der Waals surface area contributed by atoms with Crippen molar-refractivity contribution in [2.24, 2.45) is 5.73 Å². The van der Waals surface area contributed by atoms with Gasteiger partial charge in [-0.25, -0.2) is 0 Å². The van der Waals surface area contributed by atoms with E-state index in [0.717, 1.165) is 0 Å². The third kappa shape index (κ3) is 3.35. The van der Waals surface area contributed by atoms with Crippen LogP contribution in [0.1, 0.15) is 0 Å². The normalized spacial score (nSPS) is 9.67. The highest BCUT2D eigenvalue weighted by atomic mass is 127. The molecule has 0 aliphatic rings. The summed E-state index contributed by atoms with van der Waals surface area (Å²) in [6, 6.07) is 4.15. The summed E-state index contributed by atoms with van der Waals surface area (Å²) in [7, 11) is 0. The van der Waals surface area contributed by atoms with Crippen molar-refractivity contribution in [2.75, 3.05) is 6.61 Å². The molecule has 1 aromatic carbocycles. The average molecular weight is 322 g/mol. The van der Waals surface area contributed by atoms with E-state index in [1.54, 1.807) is 0 Å². The SMILES string of the molecule is NC(=O)COc1cc([N+](=O)[O-])ccc1I. The van der Waals surface area contributed by atoms with Gasteiger partial charge in [-0.2, -0.15) is 0 Å². The molecule has 2 N–H and O–H groups in total. The number of benzene rings is 1. The molecular formula is C8H7IN2O4. The number of nitrogens with zero attached hydrogens (tertiary/aromatic N) is 1. The Balaban J connectivity index is 2.90. The van der Waals surface area contributed by atoms with Gasteiger partial charge in [0.15, 0.2) is 6.61 Å². The van der Waals surface area contributed by atoms with Crippen molar-refractivity contribution in [1.82, 2.24) is 0 Å². The van der Waals surface area contributed by atoms with E-state index < -0.39 is 10.8 Å². The summed E-state index contributed by atoms with van der Waals surface area (Å²) < 4.78 is 5.68. The Labute approximate surface area is 98.7 Å². The molecule has 0 heterocycles. The fourth-order valence-electron chi connectivity index (χ4n) is 0.865. The summed E-state index contributed by atoms with van der Waals surface area (Å²) in [5.41, 5.74) is 4.80. The van der Waals surface area contributed by atoms with E-state index in [2.05, 4.69) is 0 Å². The number of nitrogens with two attached hydrogens (primary N) is 1. The molecule has 0 bridgehead atoms. The van der Waals surface area contributed by atoms with Crippen LogP contribution in [0.2, 0.25) is 0 Å². The van der Waals surface area contributed by atoms with Gasteiger partial charge in [0.1, 0.15) is 5.75 Å². The highest BCUT2D eigenvalue weighted by Gasteiger charge is 2.10. The van der Waals surface area contributed by atoms with Crippen molar-refractivity contribution >= 4 is 34.2 Å². The Kier molecular flexibility index (Phi) is 3.83. The van der Waals surface area contributed by atoms with Crippen LogP contribution in [0.5, 0.6) is 5.75 Å². The third-order valence-corrected chi connectivity index (χ3v) is 2.39. The van der Waals surface area contributed by atoms with E-state index in [9.17, 15) is 14.9 Å². The number of carbonyl (C=O) groups is 1. The molecule has 0 fully saturated rings. The highest BCUT2D eigenvalue weighted by molar-refractivity contribution is 14.1. The number of non-ortho nitro benzene ring substituents is 1. The molecule has 0 aliphatic heterocycles. The van der Waals surface area contributed by atoms with Crippen LogP contribution < -0.4 is 10.5 Å². The number of ether oxygens (including phenoxy) is 1. The van der Waals surface area contributed by atoms with Crippen molar-refractivity contribution in [3.05, 3.63) is 31.9 Å². The van der Waals surface area contributed by atoms with Gasteiger partial charge in [0.2, 0.25) is 0 Å². The summed E-state index contributed by atoms with van der Waals surface area (Å²) in [4.78, 5) is 20.4. The Bertz CT molecular complexity index is 408. The summed E-state index contributed by atoms with van der Waals surface area (Å²) in [5, 5.41) is 10.5. The lowest BCUT2D eigenvalue weighted by Gasteiger charge is -2.05. The molecule has 0 aromatic heterocycles. The van der Waals surface area contributed by atoms with Gasteiger partial charge in [-0.3, -0.25) is 14.9 Å². The van der Waals surface area contributed by atoms with Crippen LogP contribution in [0.15, 0.2) is 18.2 Å². The van der Waals surface area contributed by atoms with Crippen LogP contribution >= 0.6 is 22.6 Å². The Morgan fingerprint density at radius 1 is 1.60 bits per heavy atom. The lowest BCUT2D eigenvalue weighted by molar-refractivity contribution is -0.385. The topological polar surface area (TPSA) is 95.5 Å². The predicted molar refractivity (Wildman–Crippen MR) is 60.5 cm³/mol. The van der Waals surface area contributed by atoms with Crippen LogP contribution in [0.25, 0.3) is 0 Å². The van der Waals surface area contributed by atoms with Crippen molar-refractivity contribution in [3.63, 3.8) is 0 Å². The first-order chi connectivity index (χ1) is 7.00. The number of rotatable bonds is 4. The molecule has 0 aliphatic carbocycles. The molecule has 0 atom stereocenters. The molecule has 0 unspecified atom stereocenters. The number of carbonyl (C=O) groups excluding carboxylic acids is 1. The fraction of sp³-hybridized carbons (Fsp3) is 0.125. The first kappa shape index (κ1) is 11.7. The van der Waals surface area contributed by atoms with Crippen LogP contribution in [0.4, 0.5) is 5.69 Å². The van der Waals surface area contributed by atoms with Crippen molar-refractivity contribution in [3.8, 4) is 5.75 Å². The van der Waals surface area contributed by atoms with Gasteiger partial charge in [-0.1, -0.05) is 0 Å². The van der Waals surface area contributed by atoms with E-state index in [1.807, 2.05) is 22.6 Å². The van der Waals surface area contributed by atoms with Crippen LogP contribution in [-0.4, -0.2) is 17.4 Å². The first-order valence-electron chi connectivity index (χ1n) is 3.85. The number of amides is 1. The maximum Gasteiger partial charge on any atom is 0.273 e. The molecule has 1 amide bonds. The van der Waals surface area contributed by atoms with E-state index >= 15 is 0 Å². The lowest BCUT2D eigenvalue weighted by atomic mass is 10.3. The second-order valence-electron chi connectivity index (χ2n) is 2.63. The lowest BCUT2D eigenvalue weighted by Crippen LogP contribution is -2.20. The van der Waals surface area contributed by atoms with E-state index in [1.165, 1.54) is 18.2 Å². The fourth-order valence-corrected chi connectivity index (χ4v) is 1.36. The van der Waals surface area contributed by atoms with Gasteiger partial charge in [-0.15, -0.1) is 0 Å². The molecule has 6 nitrogen and oxygen atoms in total. The van der Waals surface area contributed by atoms with Crippen molar-refractivity contribution in [2.45, 2.75) is 0 Å². The van der Waals surface area contributed by atoms with Crippen LogP contribution in [-0.2, 0) is 4.79 Å². The molecule has 0 radical (unpaired) electrons. The highest BCUT2D eigenvalue weighted by Crippen LogP contribution is 2.25. The zero-order valence-corrected chi connectivity index (χ0v) is 9.63. The van der Waals surface area contributed by atoms with E-state index in [-0.39, 0.29) is 18.0 Å². The summed E-state index contributed by atoms with van der Waals surface area (Å²) in [6.45, 7) is -0.294. The minimum absolute atomic E-state index is 0.0881. The Hall–Kier alpha value is -1.38. The maximum atomic E-state index is 10.5. The van der Waals surface area contributed by atoms with E-state index in [4.69, 9.17) is 10.5 Å². The molecule has 1 rings (SSSR count). The van der Waals surface area contributed by atoms with Crippen LogP contribution in [0.3, 0.4) is 0 Å². The number of hydrogen-bond donors (Lipinski definition) is 1. The summed E-state index contributed by atoms with van der Waals surface area (Å²) >= 11 is 1.95. The zero-order valence-electron chi connectivity index (χ0n) is 7.47. The third-order valence-electron chi connectivity index (χ3n) is 1.50. The second-order valence-corrected chi connectivity index (χ2v) is 3.79. The second kappa shape index (κ2) is 4.91. The summed E-state index contributed by atoms with van der Waals surface area (Å²) in [5.74, 6) is -0.346. The molecule has 0 spiro atoms. The average Bonchev–Trinajstić information content (AvgIpc) is 2.16. The largest absolute Gasteiger partial charge is 0.482 e. The van der Waals surface area contributed by atoms with Crippen molar-refractivity contribution < 1.29 is 14.5 Å². The monoisotopic (exact) mass is 322 g/mol. The number of halogens is 1. The predicted octanol–water partition coefficient (Wildman–Crippen LogP) is 1.06. The zero-order chi connectivity index (χ0) is 11.4. The van der Waals surface area contributed by atoms with Gasteiger partial charge in [-0.05, 0) is 28.7 Å². The molecule has 7 heteroatoms. The smallest absolute Gasteiger partial charge is 0.273 e. The quantitative estimate of drug-likeness (QED) is 0.509. The minimum Gasteiger partial charge on any atom is -0.482 e. The minimum atomic E-state index is -0.627. The number of nitro benzene ring substituents is 1. The molecule has 0 saturated heterocycles. The van der Waals surface area contributed by atoms with Gasteiger partial charge in [0, 0.05) is 6.07 Å². The van der Waals surface area contributed by atoms with Gasteiger partial charge < -0.3 is 10.5 Å². The Morgan fingerprint density at radius 3 is 2.80 bits per heavy atom. The summed E-state index contributed by atoms with van der Waals surface area (Å²) in [6.07, 6.45) is 0. The maximum absolute atomic E-state index is 10.5. The standard InChI is InChI=1S/C8H7IN2O4/c9-6-2-1-5(11(13)14)3-7(6)15-4-8(10)12/h1-3H,4H2,(H2,10,12). The van der Waals surface area contributed by atoms with Gasteiger partial charge in [0.25, 0.3) is 11.6 Å². The first-order valence-corrected chi connectivity index (χ1v) is 4.93.